The van der Waals surface area contributed by atoms with Crippen LogP contribution in [-0.2, 0) is 6.54 Å². The fourth-order valence-electron chi connectivity index (χ4n) is 3.57. The minimum Gasteiger partial charge on any atom is -0.339 e. The number of benzene rings is 1. The minimum atomic E-state index is -0.370. The van der Waals surface area contributed by atoms with E-state index in [4.69, 9.17) is 0 Å². The molecule has 140 valence electrons. The number of carbonyl (C=O) groups excluding carboxylic acids is 1. The molecule has 1 aliphatic rings. The first-order valence-corrected chi connectivity index (χ1v) is 9.25. The standard InChI is InChI=1S/C20H27FN4O/c1-23(2)10-4-11-24-14-9-22-19(24)16-7-12-25(13-8-16)20(26)17-5-3-6-18(21)15-17/h3,5-6,9,14-16H,4,7-8,10-13H2,1-2H3. The lowest BCUT2D eigenvalue weighted by molar-refractivity contribution is 0.0709. The van der Waals surface area contributed by atoms with E-state index < -0.39 is 0 Å². The lowest BCUT2D eigenvalue weighted by Gasteiger charge is -2.32. The number of hydrogen-bond donors (Lipinski definition) is 0. The van der Waals surface area contributed by atoms with Gasteiger partial charge in [0.25, 0.3) is 5.91 Å². The van der Waals surface area contributed by atoms with Crippen LogP contribution in [0.4, 0.5) is 4.39 Å². The van der Waals surface area contributed by atoms with Gasteiger partial charge in [0, 0.05) is 43.5 Å². The van der Waals surface area contributed by atoms with Crippen molar-refractivity contribution >= 4 is 5.91 Å². The maximum absolute atomic E-state index is 13.4. The van der Waals surface area contributed by atoms with Gasteiger partial charge in [-0.25, -0.2) is 9.37 Å². The summed E-state index contributed by atoms with van der Waals surface area (Å²) >= 11 is 0. The van der Waals surface area contributed by atoms with Gasteiger partial charge in [-0.3, -0.25) is 4.79 Å². The van der Waals surface area contributed by atoms with Gasteiger partial charge in [0.2, 0.25) is 0 Å². The highest BCUT2D eigenvalue weighted by molar-refractivity contribution is 5.94. The summed E-state index contributed by atoms with van der Waals surface area (Å²) in [5, 5.41) is 0. The molecule has 2 heterocycles. The van der Waals surface area contributed by atoms with Crippen molar-refractivity contribution in [3.63, 3.8) is 0 Å². The van der Waals surface area contributed by atoms with Crippen LogP contribution in [0.1, 0.15) is 41.4 Å². The molecule has 0 radical (unpaired) electrons. The number of aromatic nitrogens is 2. The summed E-state index contributed by atoms with van der Waals surface area (Å²) in [4.78, 5) is 21.1. The van der Waals surface area contributed by atoms with E-state index in [0.717, 1.165) is 38.2 Å². The van der Waals surface area contributed by atoms with Gasteiger partial charge in [-0.2, -0.15) is 0 Å². The van der Waals surface area contributed by atoms with Crippen molar-refractivity contribution in [1.82, 2.24) is 19.4 Å². The molecule has 0 unspecified atom stereocenters. The van der Waals surface area contributed by atoms with Crippen molar-refractivity contribution in [2.45, 2.75) is 31.7 Å². The molecule has 5 nitrogen and oxygen atoms in total. The Hall–Kier alpha value is -2.21. The normalized spacial score (nSPS) is 15.6. The molecule has 26 heavy (non-hydrogen) atoms. The molecular weight excluding hydrogens is 331 g/mol. The van der Waals surface area contributed by atoms with Gasteiger partial charge in [0.15, 0.2) is 0 Å². The number of carbonyl (C=O) groups is 1. The van der Waals surface area contributed by atoms with Crippen LogP contribution >= 0.6 is 0 Å². The van der Waals surface area contributed by atoms with Gasteiger partial charge in [-0.15, -0.1) is 0 Å². The van der Waals surface area contributed by atoms with Crippen molar-refractivity contribution in [1.29, 1.82) is 0 Å². The summed E-state index contributed by atoms with van der Waals surface area (Å²) in [6, 6.07) is 5.93. The second kappa shape index (κ2) is 8.45. The molecule has 1 aliphatic heterocycles. The largest absolute Gasteiger partial charge is 0.339 e. The highest BCUT2D eigenvalue weighted by Gasteiger charge is 2.27. The monoisotopic (exact) mass is 358 g/mol. The average molecular weight is 358 g/mol. The Morgan fingerprint density at radius 2 is 2.08 bits per heavy atom. The predicted molar refractivity (Wildman–Crippen MR) is 99.7 cm³/mol. The molecule has 1 aromatic heterocycles. The maximum Gasteiger partial charge on any atom is 0.253 e. The SMILES string of the molecule is CN(C)CCCn1ccnc1C1CCN(C(=O)c2cccc(F)c2)CC1. The zero-order valence-corrected chi connectivity index (χ0v) is 15.6. The van der Waals surface area contributed by atoms with Gasteiger partial charge in [-0.05, 0) is 58.1 Å². The van der Waals surface area contributed by atoms with E-state index in [9.17, 15) is 9.18 Å². The quantitative estimate of drug-likeness (QED) is 0.797. The number of halogens is 1. The molecule has 2 aromatic rings. The van der Waals surface area contributed by atoms with Crippen molar-refractivity contribution < 1.29 is 9.18 Å². The third-order valence-corrected chi connectivity index (χ3v) is 4.97. The molecule has 0 N–H and O–H groups in total. The highest BCUT2D eigenvalue weighted by atomic mass is 19.1. The minimum absolute atomic E-state index is 0.0859. The van der Waals surface area contributed by atoms with E-state index in [1.54, 1.807) is 12.1 Å². The molecule has 0 aliphatic carbocycles. The lowest BCUT2D eigenvalue weighted by atomic mass is 9.95. The first-order valence-electron chi connectivity index (χ1n) is 9.25. The Balaban J connectivity index is 1.57. The molecular formula is C20H27FN4O. The van der Waals surface area contributed by atoms with Crippen molar-refractivity contribution in [3.8, 4) is 0 Å². The van der Waals surface area contributed by atoms with Crippen molar-refractivity contribution in [2.24, 2.45) is 0 Å². The molecule has 1 fully saturated rings. The zero-order chi connectivity index (χ0) is 18.5. The fraction of sp³-hybridized carbons (Fsp3) is 0.500. The first-order chi connectivity index (χ1) is 12.5. The Kier molecular flexibility index (Phi) is 6.04. The van der Waals surface area contributed by atoms with E-state index in [1.807, 2.05) is 11.1 Å². The Bertz CT molecular complexity index is 735. The van der Waals surface area contributed by atoms with Crippen LogP contribution in [0.3, 0.4) is 0 Å². The van der Waals surface area contributed by atoms with Crippen molar-refractivity contribution in [3.05, 3.63) is 53.9 Å². The number of likely N-dealkylation sites (tertiary alicyclic amines) is 1. The summed E-state index contributed by atoms with van der Waals surface area (Å²) in [5.74, 6) is 1.05. The molecule has 6 heteroatoms. The van der Waals surface area contributed by atoms with Crippen molar-refractivity contribution in [2.75, 3.05) is 33.7 Å². The topological polar surface area (TPSA) is 41.4 Å². The molecule has 3 rings (SSSR count). The molecule has 0 saturated carbocycles. The number of piperidine rings is 1. The van der Waals surface area contributed by atoms with Gasteiger partial charge in [0.05, 0.1) is 0 Å². The van der Waals surface area contributed by atoms with E-state index in [1.165, 1.54) is 12.1 Å². The summed E-state index contributed by atoms with van der Waals surface area (Å²) < 4.78 is 15.6. The highest BCUT2D eigenvalue weighted by Crippen LogP contribution is 2.28. The third kappa shape index (κ3) is 4.49. The number of aryl methyl sites for hydroxylation is 1. The number of rotatable bonds is 6. The number of imidazole rings is 1. The third-order valence-electron chi connectivity index (χ3n) is 4.97. The van der Waals surface area contributed by atoms with Gasteiger partial charge < -0.3 is 14.4 Å². The summed E-state index contributed by atoms with van der Waals surface area (Å²) in [5.41, 5.74) is 0.425. The van der Waals surface area contributed by atoms with E-state index in [0.29, 0.717) is 24.6 Å². The van der Waals surface area contributed by atoms with Crippen LogP contribution in [0.25, 0.3) is 0 Å². The molecule has 0 bridgehead atoms. The maximum atomic E-state index is 13.4. The van der Waals surface area contributed by atoms with Crippen LogP contribution in [0.15, 0.2) is 36.7 Å². The molecule has 1 aromatic carbocycles. The molecule has 1 saturated heterocycles. The second-order valence-corrected chi connectivity index (χ2v) is 7.21. The predicted octanol–water partition coefficient (Wildman–Crippen LogP) is 2.99. The van der Waals surface area contributed by atoms with Crippen LogP contribution in [0, 0.1) is 5.82 Å². The van der Waals surface area contributed by atoms with Gasteiger partial charge in [-0.1, -0.05) is 6.07 Å². The number of hydrogen-bond acceptors (Lipinski definition) is 3. The van der Waals surface area contributed by atoms with Crippen LogP contribution in [0.2, 0.25) is 0 Å². The molecule has 1 amide bonds. The van der Waals surface area contributed by atoms with Crippen LogP contribution < -0.4 is 0 Å². The lowest BCUT2D eigenvalue weighted by Crippen LogP contribution is -2.38. The summed E-state index contributed by atoms with van der Waals surface area (Å²) in [6.07, 6.45) is 6.80. The first kappa shape index (κ1) is 18.6. The Morgan fingerprint density at radius 3 is 2.77 bits per heavy atom. The Morgan fingerprint density at radius 1 is 1.31 bits per heavy atom. The van der Waals surface area contributed by atoms with E-state index in [2.05, 4.69) is 34.7 Å². The van der Waals surface area contributed by atoms with E-state index in [-0.39, 0.29) is 11.7 Å². The van der Waals surface area contributed by atoms with Gasteiger partial charge >= 0.3 is 0 Å². The smallest absolute Gasteiger partial charge is 0.253 e. The van der Waals surface area contributed by atoms with Crippen LogP contribution in [-0.4, -0.2) is 59.0 Å². The van der Waals surface area contributed by atoms with Crippen LogP contribution in [0.5, 0.6) is 0 Å². The Labute approximate surface area is 154 Å². The molecule has 0 atom stereocenters. The number of nitrogens with zero attached hydrogens (tertiary/aromatic N) is 4. The average Bonchev–Trinajstić information content (AvgIpc) is 3.09. The van der Waals surface area contributed by atoms with Gasteiger partial charge in [0.1, 0.15) is 11.6 Å². The van der Waals surface area contributed by atoms with E-state index >= 15 is 0 Å². The zero-order valence-electron chi connectivity index (χ0n) is 15.6. The number of amides is 1. The summed E-state index contributed by atoms with van der Waals surface area (Å²) in [7, 11) is 4.17. The summed E-state index contributed by atoms with van der Waals surface area (Å²) in [6.45, 7) is 3.39. The fourth-order valence-corrected chi connectivity index (χ4v) is 3.57. The molecule has 0 spiro atoms. The second-order valence-electron chi connectivity index (χ2n) is 7.21.